The smallest absolute Gasteiger partial charge is 0.236 e. The second-order valence-corrected chi connectivity index (χ2v) is 5.41. The van der Waals surface area contributed by atoms with Gasteiger partial charge in [0.15, 0.2) is 0 Å². The van der Waals surface area contributed by atoms with Gasteiger partial charge in [0.2, 0.25) is 5.91 Å². The summed E-state index contributed by atoms with van der Waals surface area (Å²) in [6, 6.07) is 0. The summed E-state index contributed by atoms with van der Waals surface area (Å²) in [5.74, 6) is 0.124. The summed E-state index contributed by atoms with van der Waals surface area (Å²) in [7, 11) is 5.22. The summed E-state index contributed by atoms with van der Waals surface area (Å²) in [5, 5.41) is 0. The molecule has 1 atom stereocenters. The maximum absolute atomic E-state index is 11.7. The fraction of sp³-hybridized carbons (Fsp3) is 0.917. The van der Waals surface area contributed by atoms with Crippen molar-refractivity contribution in [3.8, 4) is 0 Å². The van der Waals surface area contributed by atoms with Gasteiger partial charge < -0.3 is 14.4 Å². The fourth-order valence-corrected chi connectivity index (χ4v) is 2.14. The Kier molecular flexibility index (Phi) is 4.91. The van der Waals surface area contributed by atoms with E-state index >= 15 is 0 Å². The molecule has 0 bridgehead atoms. The van der Waals surface area contributed by atoms with Gasteiger partial charge in [-0.2, -0.15) is 0 Å². The molecule has 0 saturated carbocycles. The lowest BCUT2D eigenvalue weighted by Gasteiger charge is -2.42. The highest BCUT2D eigenvalue weighted by Crippen LogP contribution is 2.21. The first-order chi connectivity index (χ1) is 7.84. The van der Waals surface area contributed by atoms with Crippen LogP contribution in [0.25, 0.3) is 0 Å². The minimum atomic E-state index is -0.228. The second kappa shape index (κ2) is 5.80. The van der Waals surface area contributed by atoms with Gasteiger partial charge in [-0.25, -0.2) is 0 Å². The van der Waals surface area contributed by atoms with Crippen LogP contribution >= 0.6 is 0 Å². The van der Waals surface area contributed by atoms with Crippen molar-refractivity contribution in [3.63, 3.8) is 0 Å². The van der Waals surface area contributed by atoms with Crippen molar-refractivity contribution < 1.29 is 14.3 Å². The van der Waals surface area contributed by atoms with Crippen molar-refractivity contribution >= 4 is 5.91 Å². The Hall–Kier alpha value is -0.650. The molecule has 1 rings (SSSR count). The number of nitrogens with zero attached hydrogens (tertiary/aromatic N) is 2. The van der Waals surface area contributed by atoms with Crippen LogP contribution < -0.4 is 0 Å². The quantitative estimate of drug-likeness (QED) is 0.708. The largest absolute Gasteiger partial charge is 0.382 e. The van der Waals surface area contributed by atoms with Gasteiger partial charge in [-0.3, -0.25) is 9.69 Å². The lowest BCUT2D eigenvalue weighted by atomic mass is 10.1. The molecule has 1 aliphatic rings. The lowest BCUT2D eigenvalue weighted by molar-refractivity contribution is -0.158. The third kappa shape index (κ3) is 4.61. The lowest BCUT2D eigenvalue weighted by Crippen LogP contribution is -2.55. The van der Waals surface area contributed by atoms with Crippen LogP contribution in [0, 0.1) is 0 Å². The van der Waals surface area contributed by atoms with Crippen LogP contribution in [0.3, 0.4) is 0 Å². The molecule has 1 fully saturated rings. The minimum absolute atomic E-state index is 0.0405. The number of ether oxygens (including phenoxy) is 2. The molecule has 0 N–H and O–H groups in total. The third-order valence-corrected chi connectivity index (χ3v) is 2.76. The zero-order valence-corrected chi connectivity index (χ0v) is 11.5. The number of methoxy groups -OCH3 is 1. The van der Waals surface area contributed by atoms with Crippen molar-refractivity contribution in [1.29, 1.82) is 0 Å². The van der Waals surface area contributed by atoms with Gasteiger partial charge in [0, 0.05) is 34.3 Å². The predicted molar refractivity (Wildman–Crippen MR) is 66.0 cm³/mol. The number of rotatable bonds is 4. The highest BCUT2D eigenvalue weighted by Gasteiger charge is 2.34. The van der Waals surface area contributed by atoms with Crippen LogP contribution in [0.5, 0.6) is 0 Å². The van der Waals surface area contributed by atoms with Crippen molar-refractivity contribution in [2.75, 3.05) is 47.4 Å². The molecule has 1 heterocycles. The van der Waals surface area contributed by atoms with Gasteiger partial charge >= 0.3 is 0 Å². The van der Waals surface area contributed by atoms with Gasteiger partial charge in [0.1, 0.15) is 0 Å². The molecule has 1 saturated heterocycles. The molecule has 0 aliphatic carbocycles. The number of carbonyl (C=O) groups excluding carboxylic acids is 1. The van der Waals surface area contributed by atoms with Gasteiger partial charge in [0.05, 0.1) is 24.9 Å². The van der Waals surface area contributed by atoms with E-state index in [-0.39, 0.29) is 17.6 Å². The maximum atomic E-state index is 11.7. The van der Waals surface area contributed by atoms with E-state index in [4.69, 9.17) is 9.47 Å². The number of morpholine rings is 1. The van der Waals surface area contributed by atoms with Crippen molar-refractivity contribution in [2.24, 2.45) is 0 Å². The molecular weight excluding hydrogens is 220 g/mol. The molecule has 1 aliphatic heterocycles. The summed E-state index contributed by atoms with van der Waals surface area (Å²) in [4.78, 5) is 15.5. The van der Waals surface area contributed by atoms with Gasteiger partial charge in [0.25, 0.3) is 0 Å². The zero-order chi connectivity index (χ0) is 13.1. The Morgan fingerprint density at radius 3 is 2.71 bits per heavy atom. The SMILES string of the molecule is COCC1CN(CC(=O)N(C)C)CC(C)(C)O1. The fourth-order valence-electron chi connectivity index (χ4n) is 2.14. The van der Waals surface area contributed by atoms with Gasteiger partial charge in [-0.1, -0.05) is 0 Å². The standard InChI is InChI=1S/C12H24N2O3/c1-12(2)9-14(7-11(15)13(3)4)6-10(17-12)8-16-5/h10H,6-9H2,1-5H3. The van der Waals surface area contributed by atoms with E-state index in [0.717, 1.165) is 13.1 Å². The molecule has 5 nitrogen and oxygen atoms in total. The van der Waals surface area contributed by atoms with Crippen LogP contribution in [0.1, 0.15) is 13.8 Å². The normalized spacial score (nSPS) is 24.6. The monoisotopic (exact) mass is 244 g/mol. The Morgan fingerprint density at radius 1 is 1.53 bits per heavy atom. The number of amides is 1. The molecule has 0 radical (unpaired) electrons. The van der Waals surface area contributed by atoms with E-state index in [1.807, 2.05) is 13.8 Å². The predicted octanol–water partition coefficient (Wildman–Crippen LogP) is 0.200. The van der Waals surface area contributed by atoms with E-state index in [0.29, 0.717) is 13.2 Å². The van der Waals surface area contributed by atoms with Crippen LogP contribution in [0.4, 0.5) is 0 Å². The maximum Gasteiger partial charge on any atom is 0.236 e. The summed E-state index contributed by atoms with van der Waals surface area (Å²) in [6.07, 6.45) is 0.0405. The number of hydrogen-bond donors (Lipinski definition) is 0. The van der Waals surface area contributed by atoms with Crippen LogP contribution in [-0.2, 0) is 14.3 Å². The molecule has 0 spiro atoms. The van der Waals surface area contributed by atoms with E-state index < -0.39 is 0 Å². The molecule has 0 aromatic rings. The van der Waals surface area contributed by atoms with Crippen molar-refractivity contribution in [2.45, 2.75) is 25.6 Å². The van der Waals surface area contributed by atoms with E-state index in [1.165, 1.54) is 0 Å². The molecule has 5 heteroatoms. The molecule has 100 valence electrons. The van der Waals surface area contributed by atoms with Crippen LogP contribution in [0.2, 0.25) is 0 Å². The second-order valence-electron chi connectivity index (χ2n) is 5.41. The highest BCUT2D eigenvalue weighted by atomic mass is 16.5. The number of carbonyl (C=O) groups is 1. The highest BCUT2D eigenvalue weighted by molar-refractivity contribution is 5.77. The van der Waals surface area contributed by atoms with Crippen molar-refractivity contribution in [1.82, 2.24) is 9.80 Å². The van der Waals surface area contributed by atoms with Crippen molar-refractivity contribution in [3.05, 3.63) is 0 Å². The summed E-state index contributed by atoms with van der Waals surface area (Å²) >= 11 is 0. The molecule has 1 unspecified atom stereocenters. The van der Waals surface area contributed by atoms with Crippen LogP contribution in [0.15, 0.2) is 0 Å². The average molecular weight is 244 g/mol. The summed E-state index contributed by atoms with van der Waals surface area (Å²) in [6.45, 7) is 6.61. The third-order valence-electron chi connectivity index (χ3n) is 2.76. The zero-order valence-electron chi connectivity index (χ0n) is 11.5. The first-order valence-corrected chi connectivity index (χ1v) is 5.93. The molecule has 0 aromatic heterocycles. The Balaban J connectivity index is 2.57. The first-order valence-electron chi connectivity index (χ1n) is 5.93. The molecule has 1 amide bonds. The topological polar surface area (TPSA) is 42.0 Å². The number of likely N-dealkylation sites (N-methyl/N-ethyl adjacent to an activating group) is 1. The molecule has 17 heavy (non-hydrogen) atoms. The van der Waals surface area contributed by atoms with Gasteiger partial charge in [-0.05, 0) is 13.8 Å². The van der Waals surface area contributed by atoms with Crippen LogP contribution in [-0.4, -0.2) is 74.9 Å². The Bertz CT molecular complexity index is 266. The Labute approximate surface area is 104 Å². The Morgan fingerprint density at radius 2 is 2.18 bits per heavy atom. The average Bonchev–Trinajstić information content (AvgIpc) is 2.15. The summed E-state index contributed by atoms with van der Waals surface area (Å²) in [5.41, 5.74) is -0.228. The van der Waals surface area contributed by atoms with Gasteiger partial charge in [-0.15, -0.1) is 0 Å². The van der Waals surface area contributed by atoms with E-state index in [9.17, 15) is 4.79 Å². The minimum Gasteiger partial charge on any atom is -0.382 e. The molecular formula is C12H24N2O3. The number of hydrogen-bond acceptors (Lipinski definition) is 4. The van der Waals surface area contributed by atoms with E-state index in [2.05, 4.69) is 4.90 Å². The van der Waals surface area contributed by atoms with E-state index in [1.54, 1.807) is 26.1 Å². The molecule has 0 aromatic carbocycles. The summed E-state index contributed by atoms with van der Waals surface area (Å²) < 4.78 is 11.0. The first kappa shape index (κ1) is 14.4.